The van der Waals surface area contributed by atoms with Crippen molar-refractivity contribution in [3.8, 4) is 11.8 Å². The van der Waals surface area contributed by atoms with E-state index in [2.05, 4.69) is 11.8 Å². The topological polar surface area (TPSA) is 48.7 Å². The number of ether oxygens (including phenoxy) is 2. The van der Waals surface area contributed by atoms with E-state index in [9.17, 15) is 4.79 Å². The molecule has 2 aromatic carbocycles. The number of carbonyl (C=O) groups is 1. The van der Waals surface area contributed by atoms with Crippen LogP contribution in [-0.2, 0) is 15.9 Å². The second kappa shape index (κ2) is 10.1. The summed E-state index contributed by atoms with van der Waals surface area (Å²) in [5, 5.41) is 0. The standard InChI is InChI=1S/C24H22O4/c1-26-22(16-14-19-9-4-2-5-10-19)23-17-15-21(28-23)13-8-18-27-24(25)20-11-6-3-7-12-20/h2-7,9-12,15,17,22H,8,13,18H2,1H3. The number of methoxy groups -OCH3 is 1. The molecule has 0 bridgehead atoms. The average Bonchev–Trinajstić information content (AvgIpc) is 3.21. The van der Waals surface area contributed by atoms with Crippen molar-refractivity contribution in [2.24, 2.45) is 0 Å². The minimum atomic E-state index is -0.426. The summed E-state index contributed by atoms with van der Waals surface area (Å²) < 4.78 is 16.6. The maximum atomic E-state index is 11.9. The highest BCUT2D eigenvalue weighted by atomic mass is 16.5. The lowest BCUT2D eigenvalue weighted by Crippen LogP contribution is -2.06. The van der Waals surface area contributed by atoms with Crippen LogP contribution in [0.25, 0.3) is 0 Å². The molecule has 3 aromatic rings. The van der Waals surface area contributed by atoms with E-state index in [1.54, 1.807) is 19.2 Å². The van der Waals surface area contributed by atoms with E-state index >= 15 is 0 Å². The molecule has 0 saturated carbocycles. The molecule has 4 heteroatoms. The third-order valence-corrected chi connectivity index (χ3v) is 4.11. The largest absolute Gasteiger partial charge is 0.462 e. The Morgan fingerprint density at radius 2 is 1.71 bits per heavy atom. The number of aryl methyl sites for hydroxylation is 1. The lowest BCUT2D eigenvalue weighted by atomic mass is 10.2. The molecule has 0 fully saturated rings. The number of esters is 1. The van der Waals surface area contributed by atoms with Crippen LogP contribution in [0.1, 0.15) is 40.0 Å². The molecule has 1 aromatic heterocycles. The van der Waals surface area contributed by atoms with Gasteiger partial charge in [-0.3, -0.25) is 0 Å². The Labute approximate surface area is 165 Å². The van der Waals surface area contributed by atoms with Gasteiger partial charge in [-0.05, 0) is 42.8 Å². The van der Waals surface area contributed by atoms with Crippen molar-refractivity contribution >= 4 is 5.97 Å². The molecule has 1 atom stereocenters. The van der Waals surface area contributed by atoms with E-state index in [-0.39, 0.29) is 5.97 Å². The van der Waals surface area contributed by atoms with E-state index in [0.29, 0.717) is 30.8 Å². The number of rotatable bonds is 7. The number of hydrogen-bond acceptors (Lipinski definition) is 4. The first-order valence-corrected chi connectivity index (χ1v) is 9.16. The third kappa shape index (κ3) is 5.60. The molecule has 0 radical (unpaired) electrons. The lowest BCUT2D eigenvalue weighted by Gasteiger charge is -2.05. The van der Waals surface area contributed by atoms with Gasteiger partial charge >= 0.3 is 5.97 Å². The predicted molar refractivity (Wildman–Crippen MR) is 107 cm³/mol. The predicted octanol–water partition coefficient (Wildman–Crippen LogP) is 4.81. The fraction of sp³-hybridized carbons (Fsp3) is 0.208. The molecule has 0 saturated heterocycles. The van der Waals surface area contributed by atoms with Crippen molar-refractivity contribution in [3.05, 3.63) is 95.4 Å². The molecular weight excluding hydrogens is 352 g/mol. The van der Waals surface area contributed by atoms with Gasteiger partial charge in [-0.2, -0.15) is 0 Å². The van der Waals surface area contributed by atoms with Crippen molar-refractivity contribution in [1.29, 1.82) is 0 Å². The Hall–Kier alpha value is -3.29. The molecular formula is C24H22O4. The highest BCUT2D eigenvalue weighted by Gasteiger charge is 2.12. The summed E-state index contributed by atoms with van der Waals surface area (Å²) in [5.74, 6) is 7.35. The minimum Gasteiger partial charge on any atom is -0.462 e. The average molecular weight is 374 g/mol. The summed E-state index contributed by atoms with van der Waals surface area (Å²) in [4.78, 5) is 11.9. The first-order valence-electron chi connectivity index (χ1n) is 9.16. The molecule has 0 spiro atoms. The second-order valence-electron chi connectivity index (χ2n) is 6.16. The second-order valence-corrected chi connectivity index (χ2v) is 6.16. The molecule has 0 aliphatic heterocycles. The van der Waals surface area contributed by atoms with Crippen molar-refractivity contribution in [3.63, 3.8) is 0 Å². The molecule has 0 aliphatic rings. The van der Waals surface area contributed by atoms with Gasteiger partial charge in [0.1, 0.15) is 11.5 Å². The Morgan fingerprint density at radius 1 is 1.00 bits per heavy atom. The van der Waals surface area contributed by atoms with E-state index in [1.165, 1.54) is 0 Å². The maximum absolute atomic E-state index is 11.9. The Balaban J connectivity index is 1.49. The molecule has 28 heavy (non-hydrogen) atoms. The van der Waals surface area contributed by atoms with E-state index in [0.717, 1.165) is 11.3 Å². The number of hydrogen-bond donors (Lipinski definition) is 0. The first kappa shape index (κ1) is 19.5. The summed E-state index contributed by atoms with van der Waals surface area (Å²) in [6.07, 6.45) is 0.925. The van der Waals surface area contributed by atoms with Crippen LogP contribution >= 0.6 is 0 Å². The van der Waals surface area contributed by atoms with E-state index < -0.39 is 6.10 Å². The van der Waals surface area contributed by atoms with Crippen LogP contribution in [0.15, 0.2) is 77.2 Å². The van der Waals surface area contributed by atoms with Gasteiger partial charge in [0.25, 0.3) is 0 Å². The Kier molecular flexibility index (Phi) is 7.06. The van der Waals surface area contributed by atoms with Crippen molar-refractivity contribution in [1.82, 2.24) is 0 Å². The molecule has 0 N–H and O–H groups in total. The van der Waals surface area contributed by atoms with Gasteiger partial charge in [-0.15, -0.1) is 0 Å². The van der Waals surface area contributed by atoms with Crippen molar-refractivity contribution in [2.75, 3.05) is 13.7 Å². The zero-order valence-electron chi connectivity index (χ0n) is 15.8. The van der Waals surface area contributed by atoms with Gasteiger partial charge in [0.2, 0.25) is 0 Å². The molecule has 3 rings (SSSR count). The van der Waals surface area contributed by atoms with Gasteiger partial charge in [0.15, 0.2) is 6.10 Å². The lowest BCUT2D eigenvalue weighted by molar-refractivity contribution is 0.0499. The zero-order valence-corrected chi connectivity index (χ0v) is 15.8. The molecule has 4 nitrogen and oxygen atoms in total. The van der Waals surface area contributed by atoms with Gasteiger partial charge in [0.05, 0.1) is 12.2 Å². The molecule has 0 amide bonds. The first-order chi connectivity index (χ1) is 13.8. The summed E-state index contributed by atoms with van der Waals surface area (Å²) in [7, 11) is 1.61. The third-order valence-electron chi connectivity index (χ3n) is 4.11. The van der Waals surface area contributed by atoms with Crippen LogP contribution in [0.5, 0.6) is 0 Å². The molecule has 0 aliphatic carbocycles. The smallest absolute Gasteiger partial charge is 0.338 e. The Bertz CT molecular complexity index is 933. The van der Waals surface area contributed by atoms with Crippen molar-refractivity contribution < 1.29 is 18.7 Å². The molecule has 1 unspecified atom stereocenters. The summed E-state index contributed by atoms with van der Waals surface area (Å²) in [5.41, 5.74) is 1.49. The van der Waals surface area contributed by atoms with E-state index in [4.69, 9.17) is 13.9 Å². The normalized spacial score (nSPS) is 11.3. The van der Waals surface area contributed by atoms with Gasteiger partial charge in [-0.1, -0.05) is 48.2 Å². The molecule has 142 valence electrons. The SMILES string of the molecule is COC(C#Cc1ccccc1)c1ccc(CCCOC(=O)c2ccccc2)o1. The fourth-order valence-corrected chi connectivity index (χ4v) is 2.66. The number of furan rings is 1. The number of benzene rings is 2. The maximum Gasteiger partial charge on any atom is 0.338 e. The van der Waals surface area contributed by atoms with Gasteiger partial charge in [0, 0.05) is 19.1 Å². The van der Waals surface area contributed by atoms with E-state index in [1.807, 2.05) is 60.7 Å². The summed E-state index contributed by atoms with van der Waals surface area (Å²) in [6.45, 7) is 0.339. The Morgan fingerprint density at radius 3 is 2.43 bits per heavy atom. The monoisotopic (exact) mass is 374 g/mol. The van der Waals surface area contributed by atoms with Crippen LogP contribution in [0.3, 0.4) is 0 Å². The summed E-state index contributed by atoms with van der Waals surface area (Å²) in [6, 6.07) is 22.5. The fourth-order valence-electron chi connectivity index (χ4n) is 2.66. The van der Waals surface area contributed by atoms with Crippen LogP contribution in [0.4, 0.5) is 0 Å². The van der Waals surface area contributed by atoms with Gasteiger partial charge < -0.3 is 13.9 Å². The number of carbonyl (C=O) groups excluding carboxylic acids is 1. The minimum absolute atomic E-state index is 0.309. The molecule has 1 heterocycles. The highest BCUT2D eigenvalue weighted by Crippen LogP contribution is 2.20. The van der Waals surface area contributed by atoms with Crippen LogP contribution < -0.4 is 0 Å². The summed E-state index contributed by atoms with van der Waals surface area (Å²) >= 11 is 0. The zero-order chi connectivity index (χ0) is 19.6. The van der Waals surface area contributed by atoms with Gasteiger partial charge in [-0.25, -0.2) is 4.79 Å². The van der Waals surface area contributed by atoms with Crippen molar-refractivity contribution in [2.45, 2.75) is 18.9 Å². The van der Waals surface area contributed by atoms with Crippen LogP contribution in [0, 0.1) is 11.8 Å². The van der Waals surface area contributed by atoms with Crippen LogP contribution in [0.2, 0.25) is 0 Å². The van der Waals surface area contributed by atoms with Crippen LogP contribution in [-0.4, -0.2) is 19.7 Å². The highest BCUT2D eigenvalue weighted by molar-refractivity contribution is 5.89. The quantitative estimate of drug-likeness (QED) is 0.338.